The highest BCUT2D eigenvalue weighted by Crippen LogP contribution is 2.28. The number of hydrogen-bond donors (Lipinski definition) is 1. The number of nitrogens with zero attached hydrogens (tertiary/aromatic N) is 1. The Labute approximate surface area is 182 Å². The fourth-order valence-corrected chi connectivity index (χ4v) is 3.00. The number of carbonyl (C=O) groups is 1. The third-order valence-corrected chi connectivity index (χ3v) is 4.98. The molecule has 0 fully saturated rings. The lowest BCUT2D eigenvalue weighted by Crippen LogP contribution is -2.14. The minimum atomic E-state index is -0.471. The van der Waals surface area contributed by atoms with Gasteiger partial charge in [0.25, 0.3) is 5.91 Å². The van der Waals surface area contributed by atoms with Crippen molar-refractivity contribution in [2.45, 2.75) is 20.5 Å². The fraction of sp³-hybridized carbons (Fsp3) is 0.154. The van der Waals surface area contributed by atoms with Gasteiger partial charge < -0.3 is 14.8 Å². The summed E-state index contributed by atoms with van der Waals surface area (Å²) in [5.41, 5.74) is 4.31. The Hall–Kier alpha value is -4.04. The monoisotopic (exact) mass is 412 g/mol. The molecule has 3 aromatic carbocycles. The lowest BCUT2D eigenvalue weighted by Gasteiger charge is -2.12. The first-order valence-corrected chi connectivity index (χ1v) is 9.86. The number of carbonyl (C=O) groups excluding carboxylic acids is 1. The summed E-state index contributed by atoms with van der Waals surface area (Å²) < 4.78 is 11.3. The van der Waals surface area contributed by atoms with Gasteiger partial charge in [-0.25, -0.2) is 0 Å². The molecule has 0 spiro atoms. The lowest BCUT2D eigenvalue weighted by atomic mass is 10.1. The van der Waals surface area contributed by atoms with Crippen molar-refractivity contribution in [3.63, 3.8) is 0 Å². The number of nitriles is 1. The van der Waals surface area contributed by atoms with Crippen LogP contribution in [0.2, 0.25) is 0 Å². The van der Waals surface area contributed by atoms with Gasteiger partial charge in [-0.2, -0.15) is 5.26 Å². The summed E-state index contributed by atoms with van der Waals surface area (Å²) in [6.45, 7) is 4.25. The van der Waals surface area contributed by atoms with Gasteiger partial charge in [-0.1, -0.05) is 42.5 Å². The number of methoxy groups -OCH3 is 1. The van der Waals surface area contributed by atoms with Crippen LogP contribution >= 0.6 is 0 Å². The summed E-state index contributed by atoms with van der Waals surface area (Å²) in [6, 6.07) is 22.7. The second kappa shape index (κ2) is 10.1. The topological polar surface area (TPSA) is 71.3 Å². The summed E-state index contributed by atoms with van der Waals surface area (Å²) in [6.07, 6.45) is 1.53. The Morgan fingerprint density at radius 1 is 1.06 bits per heavy atom. The molecule has 0 aliphatic heterocycles. The number of ether oxygens (including phenoxy) is 2. The quantitative estimate of drug-likeness (QED) is 0.414. The molecule has 31 heavy (non-hydrogen) atoms. The highest BCUT2D eigenvalue weighted by Gasteiger charge is 2.14. The predicted molar refractivity (Wildman–Crippen MR) is 122 cm³/mol. The first-order chi connectivity index (χ1) is 15.0. The van der Waals surface area contributed by atoms with Crippen LogP contribution in [0.25, 0.3) is 6.08 Å². The molecule has 0 unspecified atom stereocenters. The molecule has 1 amide bonds. The van der Waals surface area contributed by atoms with Gasteiger partial charge in [0.05, 0.1) is 7.11 Å². The van der Waals surface area contributed by atoms with Crippen molar-refractivity contribution in [3.05, 3.63) is 94.6 Å². The highest BCUT2D eigenvalue weighted by atomic mass is 16.5. The standard InChI is InChI=1S/C26H24N2O3/c1-18-8-7-11-24(19(18)2)28-26(29)22(16-27)14-21-12-13-23(30-3)15-25(21)31-17-20-9-5-4-6-10-20/h4-15H,17H2,1-3H3,(H,28,29)/b22-14+. The summed E-state index contributed by atoms with van der Waals surface area (Å²) in [5, 5.41) is 12.4. The Balaban J connectivity index is 1.87. The van der Waals surface area contributed by atoms with E-state index in [1.807, 2.05) is 68.4 Å². The Morgan fingerprint density at radius 3 is 2.55 bits per heavy atom. The van der Waals surface area contributed by atoms with Crippen LogP contribution in [-0.2, 0) is 11.4 Å². The first kappa shape index (κ1) is 21.7. The number of rotatable bonds is 7. The molecule has 5 heteroatoms. The van der Waals surface area contributed by atoms with Gasteiger partial charge in [-0.3, -0.25) is 4.79 Å². The molecule has 5 nitrogen and oxygen atoms in total. The summed E-state index contributed by atoms with van der Waals surface area (Å²) >= 11 is 0. The molecule has 0 aliphatic rings. The third-order valence-electron chi connectivity index (χ3n) is 4.98. The average molecular weight is 412 g/mol. The van der Waals surface area contributed by atoms with Crippen LogP contribution in [0.1, 0.15) is 22.3 Å². The van der Waals surface area contributed by atoms with E-state index in [0.29, 0.717) is 29.4 Å². The smallest absolute Gasteiger partial charge is 0.266 e. The van der Waals surface area contributed by atoms with Crippen LogP contribution in [0.15, 0.2) is 72.3 Å². The Morgan fingerprint density at radius 2 is 1.84 bits per heavy atom. The van der Waals surface area contributed by atoms with E-state index in [2.05, 4.69) is 5.32 Å². The fourth-order valence-electron chi connectivity index (χ4n) is 3.00. The molecule has 0 radical (unpaired) electrons. The number of amides is 1. The van der Waals surface area contributed by atoms with E-state index < -0.39 is 5.91 Å². The molecule has 0 heterocycles. The zero-order valence-electron chi connectivity index (χ0n) is 17.8. The number of nitrogens with one attached hydrogen (secondary N) is 1. The lowest BCUT2D eigenvalue weighted by molar-refractivity contribution is -0.112. The number of benzene rings is 3. The maximum absolute atomic E-state index is 12.8. The summed E-state index contributed by atoms with van der Waals surface area (Å²) in [5.74, 6) is 0.676. The van der Waals surface area contributed by atoms with Crippen LogP contribution in [-0.4, -0.2) is 13.0 Å². The maximum Gasteiger partial charge on any atom is 0.266 e. The average Bonchev–Trinajstić information content (AvgIpc) is 2.80. The minimum absolute atomic E-state index is 0.0179. The van der Waals surface area contributed by atoms with Gasteiger partial charge in [0.2, 0.25) is 0 Å². The van der Waals surface area contributed by atoms with Crippen LogP contribution in [0.3, 0.4) is 0 Å². The van der Waals surface area contributed by atoms with Crippen molar-refractivity contribution in [2.75, 3.05) is 12.4 Å². The van der Waals surface area contributed by atoms with Gasteiger partial charge in [-0.05, 0) is 54.8 Å². The van der Waals surface area contributed by atoms with E-state index >= 15 is 0 Å². The molecule has 0 atom stereocenters. The van der Waals surface area contributed by atoms with E-state index in [-0.39, 0.29) is 5.57 Å². The van der Waals surface area contributed by atoms with Crippen LogP contribution < -0.4 is 14.8 Å². The van der Waals surface area contributed by atoms with Gasteiger partial charge in [0, 0.05) is 17.3 Å². The van der Waals surface area contributed by atoms with Gasteiger partial charge in [0.1, 0.15) is 29.7 Å². The van der Waals surface area contributed by atoms with Crippen molar-refractivity contribution in [2.24, 2.45) is 0 Å². The maximum atomic E-state index is 12.8. The predicted octanol–water partition coefficient (Wildman–Crippen LogP) is 5.44. The largest absolute Gasteiger partial charge is 0.497 e. The Kier molecular flexibility index (Phi) is 7.08. The van der Waals surface area contributed by atoms with E-state index in [1.165, 1.54) is 6.08 Å². The SMILES string of the molecule is COc1ccc(/C=C(\C#N)C(=O)Nc2cccc(C)c2C)c(OCc2ccccc2)c1. The van der Waals surface area contributed by atoms with Gasteiger partial charge in [0.15, 0.2) is 0 Å². The zero-order chi connectivity index (χ0) is 22.2. The van der Waals surface area contributed by atoms with Gasteiger partial charge >= 0.3 is 0 Å². The van der Waals surface area contributed by atoms with Crippen molar-refractivity contribution in [1.29, 1.82) is 5.26 Å². The van der Waals surface area contributed by atoms with Crippen molar-refractivity contribution < 1.29 is 14.3 Å². The zero-order valence-corrected chi connectivity index (χ0v) is 17.8. The molecule has 0 saturated carbocycles. The molecule has 0 aromatic heterocycles. The molecule has 0 aliphatic carbocycles. The Bertz CT molecular complexity index is 1150. The van der Waals surface area contributed by atoms with Crippen molar-refractivity contribution >= 4 is 17.7 Å². The van der Waals surface area contributed by atoms with Crippen molar-refractivity contribution in [3.8, 4) is 17.6 Å². The first-order valence-electron chi connectivity index (χ1n) is 9.86. The number of anilines is 1. The minimum Gasteiger partial charge on any atom is -0.497 e. The molecular formula is C26H24N2O3. The van der Waals surface area contributed by atoms with E-state index in [1.54, 1.807) is 25.3 Å². The number of aryl methyl sites for hydroxylation is 1. The second-order valence-corrected chi connectivity index (χ2v) is 7.05. The normalized spacial score (nSPS) is 10.8. The van der Waals surface area contributed by atoms with Crippen LogP contribution in [0, 0.1) is 25.2 Å². The summed E-state index contributed by atoms with van der Waals surface area (Å²) in [4.78, 5) is 12.8. The molecule has 0 saturated heterocycles. The molecule has 156 valence electrons. The van der Waals surface area contributed by atoms with E-state index in [4.69, 9.17) is 9.47 Å². The van der Waals surface area contributed by atoms with E-state index in [0.717, 1.165) is 16.7 Å². The molecule has 0 bridgehead atoms. The third kappa shape index (κ3) is 5.52. The van der Waals surface area contributed by atoms with Gasteiger partial charge in [-0.15, -0.1) is 0 Å². The summed E-state index contributed by atoms with van der Waals surface area (Å²) in [7, 11) is 1.57. The molecule has 3 aromatic rings. The molecule has 3 rings (SSSR count). The van der Waals surface area contributed by atoms with Crippen LogP contribution in [0.4, 0.5) is 5.69 Å². The molecular weight excluding hydrogens is 388 g/mol. The second-order valence-electron chi connectivity index (χ2n) is 7.05. The number of hydrogen-bond acceptors (Lipinski definition) is 4. The van der Waals surface area contributed by atoms with E-state index in [9.17, 15) is 10.1 Å². The van der Waals surface area contributed by atoms with Crippen molar-refractivity contribution in [1.82, 2.24) is 0 Å². The highest BCUT2D eigenvalue weighted by molar-refractivity contribution is 6.10. The molecule has 1 N–H and O–H groups in total. The van der Waals surface area contributed by atoms with Crippen LogP contribution in [0.5, 0.6) is 11.5 Å².